The van der Waals surface area contributed by atoms with Crippen LogP contribution in [-0.4, -0.2) is 33.4 Å². The van der Waals surface area contributed by atoms with Crippen molar-refractivity contribution in [3.8, 4) is 22.6 Å². The van der Waals surface area contributed by atoms with Crippen molar-refractivity contribution in [1.82, 2.24) is 15.0 Å². The van der Waals surface area contributed by atoms with Crippen LogP contribution < -0.4 is 16.0 Å². The molecule has 0 aliphatic rings. The van der Waals surface area contributed by atoms with E-state index in [2.05, 4.69) is 20.3 Å². The minimum atomic E-state index is -0.850. The number of nitrogens with two attached hydrogens (primary N) is 1. The van der Waals surface area contributed by atoms with E-state index in [0.29, 0.717) is 22.8 Å². The first-order chi connectivity index (χ1) is 15.9. The van der Waals surface area contributed by atoms with E-state index >= 15 is 0 Å². The number of aromatic nitrogens is 3. The molecule has 9 heteroatoms. The molecular formula is C24H22N6O3. The van der Waals surface area contributed by atoms with Crippen LogP contribution in [0.4, 0.5) is 16.8 Å². The van der Waals surface area contributed by atoms with Gasteiger partial charge in [-0.15, -0.1) is 0 Å². The fourth-order valence-corrected chi connectivity index (χ4v) is 3.33. The number of aryl methyl sites for hydroxylation is 2. The number of carbonyl (C=O) groups excluding carboxylic acids is 2. The number of urea groups is 1. The maximum atomic E-state index is 12.7. The number of anilines is 2. The predicted octanol–water partition coefficient (Wildman–Crippen LogP) is 3.94. The third-order valence-electron chi connectivity index (χ3n) is 4.74. The van der Waals surface area contributed by atoms with E-state index in [-0.39, 0.29) is 12.0 Å². The second-order valence-electron chi connectivity index (χ2n) is 7.35. The smallest absolute Gasteiger partial charge is 0.322 e. The van der Waals surface area contributed by atoms with Gasteiger partial charge in [-0.2, -0.15) is 4.98 Å². The summed E-state index contributed by atoms with van der Waals surface area (Å²) in [5.41, 5.74) is 9.01. The molecule has 0 fully saturated rings. The molecular weight excluding hydrogens is 420 g/mol. The molecule has 4 rings (SSSR count). The molecule has 2 aromatic carbocycles. The molecule has 0 atom stereocenters. The van der Waals surface area contributed by atoms with E-state index in [1.165, 1.54) is 0 Å². The highest BCUT2D eigenvalue weighted by Crippen LogP contribution is 2.34. The molecule has 0 aliphatic heterocycles. The number of hydrogen-bond donors (Lipinski definition) is 2. The average molecular weight is 442 g/mol. The molecule has 2 aromatic heterocycles. The lowest BCUT2D eigenvalue weighted by atomic mass is 10.1. The molecule has 2 heterocycles. The van der Waals surface area contributed by atoms with Crippen LogP contribution in [0.5, 0.6) is 0 Å². The number of amides is 3. The van der Waals surface area contributed by atoms with Crippen molar-refractivity contribution in [2.75, 3.05) is 16.8 Å². The van der Waals surface area contributed by atoms with Gasteiger partial charge in [-0.25, -0.2) is 14.8 Å². The first-order valence-electron chi connectivity index (χ1n) is 10.2. The molecule has 166 valence electrons. The van der Waals surface area contributed by atoms with Gasteiger partial charge >= 0.3 is 12.0 Å². The molecule has 33 heavy (non-hydrogen) atoms. The van der Waals surface area contributed by atoms with Gasteiger partial charge in [0.2, 0.25) is 11.9 Å². The second kappa shape index (κ2) is 9.31. The zero-order valence-corrected chi connectivity index (χ0v) is 18.1. The van der Waals surface area contributed by atoms with Gasteiger partial charge < -0.3 is 10.2 Å². The van der Waals surface area contributed by atoms with E-state index in [1.54, 1.807) is 19.9 Å². The molecule has 0 radical (unpaired) electrons. The Kier molecular flexibility index (Phi) is 6.12. The lowest BCUT2D eigenvalue weighted by molar-refractivity contribution is -0.115. The van der Waals surface area contributed by atoms with Gasteiger partial charge in [0.05, 0.1) is 0 Å². The highest BCUT2D eigenvalue weighted by atomic mass is 16.4. The van der Waals surface area contributed by atoms with Crippen molar-refractivity contribution < 1.29 is 14.0 Å². The second-order valence-corrected chi connectivity index (χ2v) is 7.35. The Morgan fingerprint density at radius 1 is 0.909 bits per heavy atom. The van der Waals surface area contributed by atoms with Crippen LogP contribution in [0.3, 0.4) is 0 Å². The fourth-order valence-electron chi connectivity index (χ4n) is 3.33. The largest absolute Gasteiger partial charge is 0.423 e. The molecule has 0 saturated heterocycles. The number of primary amides is 1. The Morgan fingerprint density at radius 3 is 2.06 bits per heavy atom. The number of benzene rings is 2. The standard InChI is InChI=1S/C24H22N6O3/c1-15-13-16(2)27-23(26-15)30(22(25)32)14-19(31)28-24-29-20(17-9-5-3-6-10-17)21(33-24)18-11-7-4-8-12-18/h3-13H,14H2,1-2H3,(H2,25,32)(H,28,29,31). The number of carbonyl (C=O) groups is 2. The molecule has 3 N–H and O–H groups in total. The van der Waals surface area contributed by atoms with Crippen LogP contribution in [0.1, 0.15) is 11.4 Å². The van der Waals surface area contributed by atoms with E-state index in [0.717, 1.165) is 16.0 Å². The van der Waals surface area contributed by atoms with Crippen LogP contribution in [0, 0.1) is 13.8 Å². The highest BCUT2D eigenvalue weighted by Gasteiger charge is 2.23. The van der Waals surface area contributed by atoms with Gasteiger partial charge in [0, 0.05) is 22.5 Å². The predicted molar refractivity (Wildman–Crippen MR) is 124 cm³/mol. The summed E-state index contributed by atoms with van der Waals surface area (Å²) in [6.07, 6.45) is 0. The summed E-state index contributed by atoms with van der Waals surface area (Å²) >= 11 is 0. The van der Waals surface area contributed by atoms with E-state index in [4.69, 9.17) is 10.2 Å². The van der Waals surface area contributed by atoms with Crippen LogP contribution in [0.15, 0.2) is 71.1 Å². The van der Waals surface area contributed by atoms with Gasteiger partial charge in [-0.3, -0.25) is 15.0 Å². The van der Waals surface area contributed by atoms with Crippen LogP contribution in [0.25, 0.3) is 22.6 Å². The molecule has 0 bridgehead atoms. The van der Waals surface area contributed by atoms with Crippen molar-refractivity contribution in [2.45, 2.75) is 13.8 Å². The molecule has 0 unspecified atom stereocenters. The van der Waals surface area contributed by atoms with Crippen molar-refractivity contribution >= 4 is 23.9 Å². The zero-order valence-electron chi connectivity index (χ0n) is 18.1. The highest BCUT2D eigenvalue weighted by molar-refractivity contribution is 6.00. The minimum Gasteiger partial charge on any atom is -0.423 e. The maximum Gasteiger partial charge on any atom is 0.322 e. The first kappa shape index (κ1) is 21.7. The monoisotopic (exact) mass is 442 g/mol. The Labute approximate surface area is 190 Å². The lowest BCUT2D eigenvalue weighted by Crippen LogP contribution is -2.42. The molecule has 0 saturated carbocycles. The van der Waals surface area contributed by atoms with Crippen LogP contribution >= 0.6 is 0 Å². The number of nitrogens with zero attached hydrogens (tertiary/aromatic N) is 4. The number of rotatable bonds is 6. The summed E-state index contributed by atoms with van der Waals surface area (Å²) in [5.74, 6) is 0.0102. The summed E-state index contributed by atoms with van der Waals surface area (Å²) < 4.78 is 5.90. The quantitative estimate of drug-likeness (QED) is 0.466. The Balaban J connectivity index is 1.61. The first-order valence-corrected chi connectivity index (χ1v) is 10.2. The maximum absolute atomic E-state index is 12.7. The third-order valence-corrected chi connectivity index (χ3v) is 4.74. The Morgan fingerprint density at radius 2 is 1.48 bits per heavy atom. The van der Waals surface area contributed by atoms with E-state index in [9.17, 15) is 9.59 Å². The summed E-state index contributed by atoms with van der Waals surface area (Å²) in [6.45, 7) is 3.13. The van der Waals surface area contributed by atoms with Crippen LogP contribution in [-0.2, 0) is 4.79 Å². The van der Waals surface area contributed by atoms with E-state index < -0.39 is 18.5 Å². The summed E-state index contributed by atoms with van der Waals surface area (Å²) in [5, 5.41) is 2.60. The topological polar surface area (TPSA) is 127 Å². The zero-order chi connectivity index (χ0) is 23.4. The molecule has 9 nitrogen and oxygen atoms in total. The third kappa shape index (κ3) is 5.04. The van der Waals surface area contributed by atoms with Crippen LogP contribution in [0.2, 0.25) is 0 Å². The van der Waals surface area contributed by atoms with Gasteiger partial charge in [-0.1, -0.05) is 60.7 Å². The number of nitrogens with one attached hydrogen (secondary N) is 1. The van der Waals surface area contributed by atoms with Crippen molar-refractivity contribution in [1.29, 1.82) is 0 Å². The molecule has 3 amide bonds. The van der Waals surface area contributed by atoms with Crippen molar-refractivity contribution in [3.05, 3.63) is 78.1 Å². The minimum absolute atomic E-state index is 0.00321. The van der Waals surface area contributed by atoms with Gasteiger partial charge in [0.25, 0.3) is 0 Å². The summed E-state index contributed by atoms with van der Waals surface area (Å²) in [7, 11) is 0. The van der Waals surface area contributed by atoms with Crippen molar-refractivity contribution in [3.63, 3.8) is 0 Å². The lowest BCUT2D eigenvalue weighted by Gasteiger charge is -2.18. The number of oxazole rings is 1. The molecule has 0 spiro atoms. The molecule has 0 aliphatic carbocycles. The SMILES string of the molecule is Cc1cc(C)nc(N(CC(=O)Nc2nc(-c3ccccc3)c(-c3ccccc3)o2)C(N)=O)n1. The summed E-state index contributed by atoms with van der Waals surface area (Å²) in [6, 6.07) is 19.9. The number of hydrogen-bond acceptors (Lipinski definition) is 6. The summed E-state index contributed by atoms with van der Waals surface area (Å²) in [4.78, 5) is 38.6. The Hall–Kier alpha value is -4.53. The Bertz CT molecular complexity index is 1210. The van der Waals surface area contributed by atoms with Gasteiger partial charge in [-0.05, 0) is 19.9 Å². The van der Waals surface area contributed by atoms with Gasteiger partial charge in [0.15, 0.2) is 5.76 Å². The molecule has 4 aromatic rings. The van der Waals surface area contributed by atoms with E-state index in [1.807, 2.05) is 60.7 Å². The average Bonchev–Trinajstić information content (AvgIpc) is 3.21. The van der Waals surface area contributed by atoms with Crippen molar-refractivity contribution in [2.24, 2.45) is 5.73 Å². The fraction of sp³-hybridized carbons (Fsp3) is 0.125. The normalized spacial score (nSPS) is 10.6. The van der Waals surface area contributed by atoms with Gasteiger partial charge in [0.1, 0.15) is 12.2 Å².